The number of hydrogen-bond acceptors (Lipinski definition) is 4. The largest absolute Gasteiger partial charge is 0.472 e. The molecule has 35 heavy (non-hydrogen) atoms. The highest BCUT2D eigenvalue weighted by atomic mass is 16.3. The first-order valence-corrected chi connectivity index (χ1v) is 13.0. The number of rotatable bonds is 4. The molecule has 0 amide bonds. The third-order valence-corrected chi connectivity index (χ3v) is 9.62. The Balaban J connectivity index is 1.47. The fourth-order valence-electron chi connectivity index (χ4n) is 7.86. The summed E-state index contributed by atoms with van der Waals surface area (Å²) in [5, 5.41) is 21.3. The van der Waals surface area contributed by atoms with Crippen molar-refractivity contribution in [1.82, 2.24) is 0 Å². The van der Waals surface area contributed by atoms with Crippen molar-refractivity contribution in [3.63, 3.8) is 0 Å². The van der Waals surface area contributed by atoms with Crippen LogP contribution < -0.4 is 0 Å². The predicted octanol–water partition coefficient (Wildman–Crippen LogP) is 6.13. The van der Waals surface area contributed by atoms with E-state index in [0.29, 0.717) is 18.3 Å². The van der Waals surface area contributed by atoms with Crippen LogP contribution in [-0.4, -0.2) is 28.2 Å². The number of benzene rings is 1. The van der Waals surface area contributed by atoms with Gasteiger partial charge >= 0.3 is 0 Å². The maximum absolute atomic E-state index is 12.2. The van der Waals surface area contributed by atoms with Crippen molar-refractivity contribution in [3.8, 4) is 11.1 Å². The van der Waals surface area contributed by atoms with Gasteiger partial charge in [0.25, 0.3) is 0 Å². The Kier molecular flexibility index (Phi) is 5.50. The van der Waals surface area contributed by atoms with Gasteiger partial charge in [0.2, 0.25) is 0 Å². The van der Waals surface area contributed by atoms with E-state index in [1.54, 1.807) is 18.6 Å². The molecular formula is C31H34O4. The molecule has 182 valence electrons. The van der Waals surface area contributed by atoms with Crippen molar-refractivity contribution < 1.29 is 19.4 Å². The van der Waals surface area contributed by atoms with E-state index in [0.717, 1.165) is 49.7 Å². The lowest BCUT2D eigenvalue weighted by molar-refractivity contribution is -0.114. The molecule has 0 radical (unpaired) electrons. The molecule has 1 heterocycles. The van der Waals surface area contributed by atoms with Gasteiger partial charge in [-0.25, -0.2) is 0 Å². The standard InChI is InChI=1S/C31H34O4/c1-30-18-27(21-5-3-20(4-6-21)23-12-16-35-19-23)29-25-10-8-24(33)17-22(25)7-9-26(29)28(30)11-14-31(30,34)13-2-15-32/h2-6,12-13,16-17,19,26-28,32,34H,7-11,14-15,18H2,1H3/b13-2+/t26-,27+,28-,30-,31-/m0/s1. The molecule has 0 unspecified atom stereocenters. The van der Waals surface area contributed by atoms with Gasteiger partial charge in [0.15, 0.2) is 5.78 Å². The highest BCUT2D eigenvalue weighted by Crippen LogP contribution is 2.67. The number of furan rings is 1. The van der Waals surface area contributed by atoms with Crippen LogP contribution in [-0.2, 0) is 4.79 Å². The van der Waals surface area contributed by atoms with E-state index in [-0.39, 0.29) is 23.7 Å². The van der Waals surface area contributed by atoms with Gasteiger partial charge in [-0.15, -0.1) is 0 Å². The molecule has 2 saturated carbocycles. The summed E-state index contributed by atoms with van der Waals surface area (Å²) in [4.78, 5) is 12.2. The molecule has 6 rings (SSSR count). The molecule has 1 aromatic heterocycles. The third-order valence-electron chi connectivity index (χ3n) is 9.62. The first-order chi connectivity index (χ1) is 16.9. The monoisotopic (exact) mass is 470 g/mol. The lowest BCUT2D eigenvalue weighted by atomic mass is 9.51. The van der Waals surface area contributed by atoms with E-state index in [4.69, 9.17) is 4.42 Å². The van der Waals surface area contributed by atoms with Gasteiger partial charge in [-0.05, 0) is 84.8 Å². The first-order valence-electron chi connectivity index (χ1n) is 13.0. The minimum atomic E-state index is -0.912. The van der Waals surface area contributed by atoms with E-state index in [1.165, 1.54) is 22.3 Å². The molecule has 2 aromatic rings. The van der Waals surface area contributed by atoms with Crippen LogP contribution in [0.1, 0.15) is 63.4 Å². The molecule has 4 aliphatic rings. The molecule has 4 nitrogen and oxygen atoms in total. The van der Waals surface area contributed by atoms with Gasteiger partial charge in [-0.3, -0.25) is 4.79 Å². The molecule has 5 atom stereocenters. The molecule has 2 fully saturated rings. The first kappa shape index (κ1) is 22.8. The maximum atomic E-state index is 12.2. The van der Waals surface area contributed by atoms with Crippen LogP contribution in [0, 0.1) is 17.3 Å². The quantitative estimate of drug-likeness (QED) is 0.528. The van der Waals surface area contributed by atoms with Gasteiger partial charge in [0.1, 0.15) is 0 Å². The molecule has 0 aliphatic heterocycles. The number of allylic oxidation sites excluding steroid dienone is 4. The predicted molar refractivity (Wildman–Crippen MR) is 136 cm³/mol. The fourth-order valence-corrected chi connectivity index (χ4v) is 7.86. The second-order valence-electron chi connectivity index (χ2n) is 11.2. The Morgan fingerprint density at radius 2 is 1.91 bits per heavy atom. The van der Waals surface area contributed by atoms with Crippen LogP contribution in [0.25, 0.3) is 11.1 Å². The number of aliphatic hydroxyl groups excluding tert-OH is 1. The van der Waals surface area contributed by atoms with E-state index in [1.807, 2.05) is 18.2 Å². The second-order valence-corrected chi connectivity index (χ2v) is 11.2. The topological polar surface area (TPSA) is 70.7 Å². The molecule has 4 heteroatoms. The maximum Gasteiger partial charge on any atom is 0.156 e. The Hall–Kier alpha value is -2.69. The Morgan fingerprint density at radius 3 is 2.66 bits per heavy atom. The summed E-state index contributed by atoms with van der Waals surface area (Å²) in [5.74, 6) is 1.29. The molecular weight excluding hydrogens is 436 g/mol. The summed E-state index contributed by atoms with van der Waals surface area (Å²) < 4.78 is 5.28. The van der Waals surface area contributed by atoms with E-state index < -0.39 is 5.60 Å². The van der Waals surface area contributed by atoms with Gasteiger partial charge in [0, 0.05) is 23.3 Å². The van der Waals surface area contributed by atoms with Crippen molar-refractivity contribution in [2.45, 2.75) is 63.4 Å². The lowest BCUT2D eigenvalue weighted by Crippen LogP contribution is -2.50. The number of ketones is 1. The summed E-state index contributed by atoms with van der Waals surface area (Å²) >= 11 is 0. The Bertz CT molecular complexity index is 1220. The highest BCUT2D eigenvalue weighted by molar-refractivity contribution is 5.93. The zero-order chi connectivity index (χ0) is 24.2. The SMILES string of the molecule is C[C@]12C[C@H](c3ccc(-c4ccoc4)cc3)C3=C4CCC(=O)C=C4CC[C@H]3[C@@H]1CC[C@@]2(O)/C=C/CO. The number of hydrogen-bond donors (Lipinski definition) is 2. The van der Waals surface area contributed by atoms with Crippen LogP contribution in [0.2, 0.25) is 0 Å². The van der Waals surface area contributed by atoms with Gasteiger partial charge < -0.3 is 14.6 Å². The molecule has 0 bridgehead atoms. The Labute approximate surface area is 207 Å². The number of carbonyl (C=O) groups is 1. The minimum absolute atomic E-state index is 0.0527. The highest BCUT2D eigenvalue weighted by Gasteiger charge is 2.61. The molecule has 4 aliphatic carbocycles. The smallest absolute Gasteiger partial charge is 0.156 e. The summed E-state index contributed by atoms with van der Waals surface area (Å²) in [6.07, 6.45) is 15.0. The van der Waals surface area contributed by atoms with Crippen molar-refractivity contribution in [1.29, 1.82) is 0 Å². The van der Waals surface area contributed by atoms with Crippen LogP contribution >= 0.6 is 0 Å². The molecule has 0 saturated heterocycles. The fraction of sp³-hybridized carbons (Fsp3) is 0.452. The van der Waals surface area contributed by atoms with Crippen LogP contribution in [0.3, 0.4) is 0 Å². The zero-order valence-electron chi connectivity index (χ0n) is 20.4. The van der Waals surface area contributed by atoms with E-state index in [2.05, 4.69) is 31.2 Å². The van der Waals surface area contributed by atoms with E-state index >= 15 is 0 Å². The van der Waals surface area contributed by atoms with Crippen LogP contribution in [0.4, 0.5) is 0 Å². The lowest BCUT2D eigenvalue weighted by Gasteiger charge is -2.54. The van der Waals surface area contributed by atoms with Crippen molar-refractivity contribution in [2.75, 3.05) is 6.61 Å². The van der Waals surface area contributed by atoms with Crippen molar-refractivity contribution >= 4 is 5.78 Å². The van der Waals surface area contributed by atoms with Crippen LogP contribution in [0.15, 0.2) is 82.2 Å². The summed E-state index contributed by atoms with van der Waals surface area (Å²) in [5.41, 5.74) is 6.51. The van der Waals surface area contributed by atoms with E-state index in [9.17, 15) is 15.0 Å². The molecule has 1 aromatic carbocycles. The summed E-state index contributed by atoms with van der Waals surface area (Å²) in [7, 11) is 0. The third kappa shape index (κ3) is 3.53. The zero-order valence-corrected chi connectivity index (χ0v) is 20.4. The van der Waals surface area contributed by atoms with Crippen molar-refractivity contribution in [3.05, 3.63) is 83.4 Å². The minimum Gasteiger partial charge on any atom is -0.472 e. The van der Waals surface area contributed by atoms with Gasteiger partial charge in [-0.1, -0.05) is 48.9 Å². The van der Waals surface area contributed by atoms with Gasteiger partial charge in [-0.2, -0.15) is 0 Å². The number of fused-ring (bicyclic) bond motifs is 4. The normalized spacial score (nSPS) is 34.5. The second kappa shape index (κ2) is 8.46. The number of aliphatic hydroxyl groups is 2. The number of carbonyl (C=O) groups excluding carboxylic acids is 1. The van der Waals surface area contributed by atoms with Crippen LogP contribution in [0.5, 0.6) is 0 Å². The average molecular weight is 471 g/mol. The van der Waals surface area contributed by atoms with Crippen molar-refractivity contribution in [2.24, 2.45) is 17.3 Å². The molecule has 0 spiro atoms. The molecule has 2 N–H and O–H groups in total. The summed E-state index contributed by atoms with van der Waals surface area (Å²) in [6.45, 7) is 2.22. The summed E-state index contributed by atoms with van der Waals surface area (Å²) in [6, 6.07) is 10.8. The van der Waals surface area contributed by atoms with Gasteiger partial charge in [0.05, 0.1) is 24.7 Å². The Morgan fingerprint density at radius 1 is 1.09 bits per heavy atom. The average Bonchev–Trinajstić information content (AvgIpc) is 3.49.